The molecule has 0 aromatic carbocycles. The molecule has 1 aliphatic carbocycles. The summed E-state index contributed by atoms with van der Waals surface area (Å²) in [6.07, 6.45) is 10.4. The molecule has 4 unspecified atom stereocenters. The lowest BCUT2D eigenvalue weighted by Gasteiger charge is -2.39. The summed E-state index contributed by atoms with van der Waals surface area (Å²) in [6.45, 7) is 13.4. The number of ketones is 1. The second kappa shape index (κ2) is 11.9. The predicted octanol–water partition coefficient (Wildman–Crippen LogP) is 6.07. The second-order valence-corrected chi connectivity index (χ2v) is 10.3. The number of esters is 1. The highest BCUT2D eigenvalue weighted by Crippen LogP contribution is 2.42. The molecule has 0 aromatic rings. The van der Waals surface area contributed by atoms with Gasteiger partial charge in [0.2, 0.25) is 0 Å². The van der Waals surface area contributed by atoms with Crippen molar-refractivity contribution in [1.82, 2.24) is 0 Å². The van der Waals surface area contributed by atoms with Crippen molar-refractivity contribution >= 4 is 23.5 Å². The Morgan fingerprint density at radius 1 is 1.30 bits per heavy atom. The van der Waals surface area contributed by atoms with Crippen LogP contribution in [0.1, 0.15) is 80.1 Å². The Hall–Kier alpha value is -0.770. The van der Waals surface area contributed by atoms with Crippen molar-refractivity contribution in [3.8, 4) is 0 Å². The summed E-state index contributed by atoms with van der Waals surface area (Å²) in [5.41, 5.74) is 0.0161. The Bertz CT molecular complexity index is 498. The summed E-state index contributed by atoms with van der Waals surface area (Å²) < 4.78 is 5.46. The summed E-state index contributed by atoms with van der Waals surface area (Å²) in [5.74, 6) is 1.35. The van der Waals surface area contributed by atoms with E-state index in [0.717, 1.165) is 19.3 Å². The van der Waals surface area contributed by atoms with Crippen LogP contribution in [0.5, 0.6) is 0 Å². The van der Waals surface area contributed by atoms with E-state index in [4.69, 9.17) is 4.74 Å². The summed E-state index contributed by atoms with van der Waals surface area (Å²) in [5, 5.41) is 0.140. The molecular weight excluding hydrogens is 356 g/mol. The van der Waals surface area contributed by atoms with Crippen LogP contribution in [0.4, 0.5) is 0 Å². The molecule has 0 aliphatic heterocycles. The fourth-order valence-corrected chi connectivity index (χ4v) is 4.88. The van der Waals surface area contributed by atoms with Crippen LogP contribution >= 0.6 is 11.8 Å². The van der Waals surface area contributed by atoms with Gasteiger partial charge in [-0.2, -0.15) is 0 Å². The number of hydrogen-bond donors (Lipinski definition) is 0. The fourth-order valence-electron chi connectivity index (χ4n) is 4.10. The molecule has 0 N–H and O–H groups in total. The topological polar surface area (TPSA) is 43.4 Å². The molecule has 0 bridgehead atoms. The molecule has 0 radical (unpaired) electrons. The van der Waals surface area contributed by atoms with Crippen molar-refractivity contribution in [2.45, 2.75) is 85.3 Å². The van der Waals surface area contributed by atoms with Gasteiger partial charge >= 0.3 is 5.97 Å². The van der Waals surface area contributed by atoms with Gasteiger partial charge in [-0.05, 0) is 30.1 Å². The van der Waals surface area contributed by atoms with Gasteiger partial charge in [0.05, 0.1) is 12.4 Å². The number of rotatable bonds is 12. The maximum absolute atomic E-state index is 12.9. The van der Waals surface area contributed by atoms with Gasteiger partial charge < -0.3 is 4.74 Å². The normalized spacial score (nSPS) is 23.6. The molecule has 1 rings (SSSR count). The number of carbonyl (C=O) groups is 2. The van der Waals surface area contributed by atoms with Gasteiger partial charge in [0, 0.05) is 17.6 Å². The molecule has 0 saturated carbocycles. The van der Waals surface area contributed by atoms with Gasteiger partial charge in [-0.1, -0.05) is 73.0 Å². The third-order valence-corrected chi connectivity index (χ3v) is 6.93. The van der Waals surface area contributed by atoms with Crippen LogP contribution in [-0.4, -0.2) is 29.4 Å². The molecule has 0 fully saturated rings. The molecule has 4 atom stereocenters. The maximum Gasteiger partial charge on any atom is 0.315 e. The molecule has 0 spiro atoms. The lowest BCUT2D eigenvalue weighted by molar-refractivity contribution is -0.142. The number of carbonyl (C=O) groups excluding carboxylic acids is 2. The van der Waals surface area contributed by atoms with Crippen LogP contribution < -0.4 is 0 Å². The smallest absolute Gasteiger partial charge is 0.315 e. The number of unbranched alkanes of at least 4 members (excludes halogenated alkanes) is 1. The second-order valence-electron chi connectivity index (χ2n) is 8.85. The van der Waals surface area contributed by atoms with Gasteiger partial charge in [-0.3, -0.25) is 9.59 Å². The lowest BCUT2D eigenvalue weighted by Crippen LogP contribution is -2.38. The number of hydrogen-bond acceptors (Lipinski definition) is 4. The van der Waals surface area contributed by atoms with E-state index in [2.05, 4.69) is 46.8 Å². The number of ether oxygens (including phenoxy) is 1. The quantitative estimate of drug-likeness (QED) is 0.297. The highest BCUT2D eigenvalue weighted by molar-refractivity contribution is 8.00. The number of Topliss-reactive ketones (excluding diaryl/α,β-unsaturated/α-hetero) is 1. The van der Waals surface area contributed by atoms with E-state index in [1.54, 1.807) is 11.8 Å². The minimum absolute atomic E-state index is 0.0161. The van der Waals surface area contributed by atoms with Crippen molar-refractivity contribution in [3.63, 3.8) is 0 Å². The number of allylic oxidation sites excluding steroid dienone is 2. The van der Waals surface area contributed by atoms with Crippen molar-refractivity contribution in [2.75, 3.05) is 12.4 Å². The first-order valence-corrected chi connectivity index (χ1v) is 11.7. The fraction of sp³-hybridized carbons (Fsp3) is 0.826. The zero-order valence-corrected chi connectivity index (χ0v) is 19.1. The molecule has 3 nitrogen and oxygen atoms in total. The van der Waals surface area contributed by atoms with Crippen molar-refractivity contribution in [2.24, 2.45) is 23.2 Å². The predicted molar refractivity (Wildman–Crippen MR) is 116 cm³/mol. The van der Waals surface area contributed by atoms with Crippen molar-refractivity contribution in [1.29, 1.82) is 0 Å². The maximum atomic E-state index is 12.9. The summed E-state index contributed by atoms with van der Waals surface area (Å²) in [6, 6.07) is 0. The van der Waals surface area contributed by atoms with Crippen LogP contribution in [0.2, 0.25) is 0 Å². The van der Waals surface area contributed by atoms with Gasteiger partial charge in [0.1, 0.15) is 5.78 Å². The number of thioether (sulfide) groups is 1. The molecule has 0 heterocycles. The summed E-state index contributed by atoms with van der Waals surface area (Å²) in [7, 11) is 0. The Labute approximate surface area is 171 Å². The van der Waals surface area contributed by atoms with Crippen LogP contribution in [0.15, 0.2) is 12.2 Å². The molecule has 156 valence electrons. The molecule has 0 aromatic heterocycles. The minimum atomic E-state index is -0.149. The van der Waals surface area contributed by atoms with Crippen LogP contribution in [0.25, 0.3) is 0 Å². The Morgan fingerprint density at radius 3 is 2.59 bits per heavy atom. The monoisotopic (exact) mass is 396 g/mol. The van der Waals surface area contributed by atoms with Crippen molar-refractivity contribution in [3.05, 3.63) is 12.2 Å². The SMILES string of the molecule is CCCCC(CC)COC(=O)CSC(C)CC(=O)C1C(C)C=CCC1(C)C. The van der Waals surface area contributed by atoms with Crippen molar-refractivity contribution < 1.29 is 14.3 Å². The van der Waals surface area contributed by atoms with E-state index in [1.807, 2.05) is 6.92 Å². The average molecular weight is 397 g/mol. The van der Waals surface area contributed by atoms with Gasteiger partial charge in [0.15, 0.2) is 0 Å². The zero-order valence-electron chi connectivity index (χ0n) is 18.3. The molecule has 4 heteroatoms. The molecule has 0 amide bonds. The van der Waals surface area contributed by atoms with Crippen LogP contribution in [-0.2, 0) is 14.3 Å². The molecule has 1 aliphatic rings. The third-order valence-electron chi connectivity index (χ3n) is 5.80. The summed E-state index contributed by atoms with van der Waals surface area (Å²) in [4.78, 5) is 24.9. The molecule has 0 saturated heterocycles. The summed E-state index contributed by atoms with van der Waals surface area (Å²) >= 11 is 1.54. The Morgan fingerprint density at radius 2 is 2.00 bits per heavy atom. The van der Waals surface area contributed by atoms with E-state index < -0.39 is 0 Å². The lowest BCUT2D eigenvalue weighted by atomic mass is 9.65. The van der Waals surface area contributed by atoms with Crippen LogP contribution in [0, 0.1) is 23.2 Å². The van der Waals surface area contributed by atoms with E-state index in [-0.39, 0.29) is 28.5 Å². The average Bonchev–Trinajstić information content (AvgIpc) is 2.59. The largest absolute Gasteiger partial charge is 0.465 e. The first-order valence-electron chi connectivity index (χ1n) is 10.7. The first-order chi connectivity index (χ1) is 12.7. The van der Waals surface area contributed by atoms with E-state index in [1.165, 1.54) is 12.8 Å². The van der Waals surface area contributed by atoms with E-state index >= 15 is 0 Å². The highest BCUT2D eigenvalue weighted by atomic mass is 32.2. The standard InChI is InChI=1S/C23H40O3S/c1-7-9-12-19(8-2)15-26-21(25)16-27-18(4)14-20(24)22-17(3)11-10-13-23(22,5)6/h10-11,17-19,22H,7-9,12-16H2,1-6H3. The van der Waals surface area contributed by atoms with E-state index in [9.17, 15) is 9.59 Å². The first kappa shape index (κ1) is 24.3. The van der Waals surface area contributed by atoms with Gasteiger partial charge in [-0.25, -0.2) is 0 Å². The van der Waals surface area contributed by atoms with Crippen LogP contribution in [0.3, 0.4) is 0 Å². The van der Waals surface area contributed by atoms with E-state index in [0.29, 0.717) is 30.5 Å². The Balaban J connectivity index is 2.37. The van der Waals surface area contributed by atoms with Gasteiger partial charge in [-0.15, -0.1) is 11.8 Å². The third kappa shape index (κ3) is 8.41. The Kier molecular flexibility index (Phi) is 10.7. The molecule has 27 heavy (non-hydrogen) atoms. The highest BCUT2D eigenvalue weighted by Gasteiger charge is 2.39. The zero-order chi connectivity index (χ0) is 20.4. The van der Waals surface area contributed by atoms with Gasteiger partial charge in [0.25, 0.3) is 0 Å². The minimum Gasteiger partial charge on any atom is -0.465 e. The molecular formula is C23H40O3S.